The van der Waals surface area contributed by atoms with Gasteiger partial charge in [0, 0.05) is 25.0 Å². The lowest BCUT2D eigenvalue weighted by Gasteiger charge is -2.25. The first-order valence-corrected chi connectivity index (χ1v) is 7.48. The van der Waals surface area contributed by atoms with Crippen molar-refractivity contribution in [3.8, 4) is 0 Å². The molecule has 0 radical (unpaired) electrons. The van der Waals surface area contributed by atoms with Crippen molar-refractivity contribution in [2.24, 2.45) is 0 Å². The summed E-state index contributed by atoms with van der Waals surface area (Å²) in [5.74, 6) is 0.197. The molecule has 1 aliphatic carbocycles. The molecule has 2 rings (SSSR count). The van der Waals surface area contributed by atoms with Crippen molar-refractivity contribution in [1.82, 2.24) is 16.0 Å². The highest BCUT2D eigenvalue weighted by Crippen LogP contribution is 2.17. The van der Waals surface area contributed by atoms with E-state index < -0.39 is 0 Å². The van der Waals surface area contributed by atoms with E-state index in [1.807, 2.05) is 6.92 Å². The van der Waals surface area contributed by atoms with Crippen LogP contribution in [-0.4, -0.2) is 36.5 Å². The normalized spacial score (nSPS) is 25.9. The monoisotopic (exact) mass is 267 g/mol. The van der Waals surface area contributed by atoms with Crippen LogP contribution in [-0.2, 0) is 9.59 Å². The van der Waals surface area contributed by atoms with Gasteiger partial charge in [-0.3, -0.25) is 9.59 Å². The third-order valence-corrected chi connectivity index (χ3v) is 4.10. The molecule has 2 fully saturated rings. The summed E-state index contributed by atoms with van der Waals surface area (Å²) in [5, 5.41) is 9.22. The summed E-state index contributed by atoms with van der Waals surface area (Å²) in [7, 11) is 0. The van der Waals surface area contributed by atoms with E-state index in [-0.39, 0.29) is 23.9 Å². The number of amides is 2. The van der Waals surface area contributed by atoms with E-state index in [1.54, 1.807) is 0 Å². The predicted molar refractivity (Wildman–Crippen MR) is 73.6 cm³/mol. The zero-order chi connectivity index (χ0) is 13.7. The van der Waals surface area contributed by atoms with Crippen LogP contribution in [0.2, 0.25) is 0 Å². The summed E-state index contributed by atoms with van der Waals surface area (Å²) in [4.78, 5) is 23.1. The van der Waals surface area contributed by atoms with Gasteiger partial charge in [-0.25, -0.2) is 0 Å². The zero-order valence-electron chi connectivity index (χ0n) is 11.7. The summed E-state index contributed by atoms with van der Waals surface area (Å²) in [6.07, 6.45) is 7.43. The number of nitrogens with one attached hydrogen (secondary N) is 3. The van der Waals surface area contributed by atoms with Crippen LogP contribution >= 0.6 is 0 Å². The summed E-state index contributed by atoms with van der Waals surface area (Å²) >= 11 is 0. The second-order valence-electron chi connectivity index (χ2n) is 5.78. The second kappa shape index (κ2) is 6.89. The number of carbonyl (C=O) groups excluding carboxylic acids is 2. The molecule has 3 N–H and O–H groups in total. The molecule has 0 aromatic rings. The van der Waals surface area contributed by atoms with Gasteiger partial charge in [0.2, 0.25) is 11.8 Å². The molecule has 0 bridgehead atoms. The van der Waals surface area contributed by atoms with Crippen molar-refractivity contribution >= 4 is 11.8 Å². The van der Waals surface area contributed by atoms with Crippen LogP contribution in [0.5, 0.6) is 0 Å². The molecule has 0 aromatic carbocycles. The van der Waals surface area contributed by atoms with Crippen molar-refractivity contribution in [3.05, 3.63) is 0 Å². The van der Waals surface area contributed by atoms with Gasteiger partial charge in [0.1, 0.15) is 0 Å². The van der Waals surface area contributed by atoms with E-state index in [2.05, 4.69) is 16.0 Å². The van der Waals surface area contributed by atoms with Gasteiger partial charge < -0.3 is 16.0 Å². The molecule has 0 aromatic heterocycles. The molecule has 1 saturated carbocycles. The first-order chi connectivity index (χ1) is 9.15. The standard InChI is InChI=1S/C14H25N3O2/c1-10(15-9-12-7-8-13(18)16-12)14(19)17-11-5-3-2-4-6-11/h10-12,15H,2-9H2,1H3,(H,16,18)(H,17,19). The van der Waals surface area contributed by atoms with Crippen LogP contribution in [0.25, 0.3) is 0 Å². The molecule has 2 atom stereocenters. The van der Waals surface area contributed by atoms with Gasteiger partial charge >= 0.3 is 0 Å². The van der Waals surface area contributed by atoms with E-state index in [4.69, 9.17) is 0 Å². The molecule has 19 heavy (non-hydrogen) atoms. The Morgan fingerprint density at radius 3 is 2.68 bits per heavy atom. The van der Waals surface area contributed by atoms with E-state index in [0.29, 0.717) is 19.0 Å². The first kappa shape index (κ1) is 14.3. The van der Waals surface area contributed by atoms with Gasteiger partial charge in [-0.2, -0.15) is 0 Å². The quantitative estimate of drug-likeness (QED) is 0.686. The van der Waals surface area contributed by atoms with Crippen molar-refractivity contribution in [2.45, 2.75) is 70.0 Å². The predicted octanol–water partition coefficient (Wildman–Crippen LogP) is 0.692. The molecular formula is C14H25N3O2. The summed E-state index contributed by atoms with van der Waals surface area (Å²) in [5.41, 5.74) is 0. The fourth-order valence-electron chi connectivity index (χ4n) is 2.82. The minimum atomic E-state index is -0.195. The fraction of sp³-hybridized carbons (Fsp3) is 0.857. The minimum absolute atomic E-state index is 0.0798. The lowest BCUT2D eigenvalue weighted by molar-refractivity contribution is -0.123. The van der Waals surface area contributed by atoms with Gasteiger partial charge in [0.05, 0.1) is 6.04 Å². The SMILES string of the molecule is CC(NCC1CCC(=O)N1)C(=O)NC1CCCCC1. The third kappa shape index (κ3) is 4.49. The van der Waals surface area contributed by atoms with Crippen LogP contribution in [0.15, 0.2) is 0 Å². The van der Waals surface area contributed by atoms with E-state index in [0.717, 1.165) is 19.3 Å². The average Bonchev–Trinajstić information content (AvgIpc) is 2.83. The average molecular weight is 267 g/mol. The number of hydrogen-bond donors (Lipinski definition) is 3. The van der Waals surface area contributed by atoms with Crippen molar-refractivity contribution in [3.63, 3.8) is 0 Å². The van der Waals surface area contributed by atoms with Gasteiger partial charge in [0.25, 0.3) is 0 Å². The molecule has 1 heterocycles. The largest absolute Gasteiger partial charge is 0.352 e. The molecule has 108 valence electrons. The van der Waals surface area contributed by atoms with Gasteiger partial charge in [-0.05, 0) is 26.2 Å². The summed E-state index contributed by atoms with van der Waals surface area (Å²) < 4.78 is 0. The topological polar surface area (TPSA) is 70.2 Å². The smallest absolute Gasteiger partial charge is 0.237 e. The molecule has 5 heteroatoms. The second-order valence-corrected chi connectivity index (χ2v) is 5.78. The van der Waals surface area contributed by atoms with Crippen LogP contribution in [0, 0.1) is 0 Å². The number of carbonyl (C=O) groups is 2. The molecule has 5 nitrogen and oxygen atoms in total. The van der Waals surface area contributed by atoms with Crippen molar-refractivity contribution in [1.29, 1.82) is 0 Å². The van der Waals surface area contributed by atoms with E-state index >= 15 is 0 Å². The Balaban J connectivity index is 1.65. The van der Waals surface area contributed by atoms with Crippen LogP contribution in [0.3, 0.4) is 0 Å². The van der Waals surface area contributed by atoms with Crippen molar-refractivity contribution < 1.29 is 9.59 Å². The van der Waals surface area contributed by atoms with E-state index in [1.165, 1.54) is 19.3 Å². The molecule has 2 unspecified atom stereocenters. The van der Waals surface area contributed by atoms with Gasteiger partial charge in [-0.1, -0.05) is 19.3 Å². The lowest BCUT2D eigenvalue weighted by Crippen LogP contribution is -2.49. The Kier molecular flexibility index (Phi) is 5.19. The third-order valence-electron chi connectivity index (χ3n) is 4.10. The molecule has 0 spiro atoms. The molecule has 1 aliphatic heterocycles. The Labute approximate surface area is 114 Å². The highest BCUT2D eigenvalue weighted by molar-refractivity contribution is 5.81. The molecular weight excluding hydrogens is 242 g/mol. The number of hydrogen-bond acceptors (Lipinski definition) is 3. The highest BCUT2D eigenvalue weighted by atomic mass is 16.2. The Morgan fingerprint density at radius 1 is 1.32 bits per heavy atom. The lowest BCUT2D eigenvalue weighted by atomic mass is 9.95. The van der Waals surface area contributed by atoms with Gasteiger partial charge in [-0.15, -0.1) is 0 Å². The maximum absolute atomic E-state index is 12.0. The zero-order valence-corrected chi connectivity index (χ0v) is 11.7. The van der Waals surface area contributed by atoms with Crippen LogP contribution in [0.1, 0.15) is 51.9 Å². The summed E-state index contributed by atoms with van der Waals surface area (Å²) in [6.45, 7) is 2.56. The maximum atomic E-state index is 12.0. The Bertz CT molecular complexity index is 327. The van der Waals surface area contributed by atoms with Crippen molar-refractivity contribution in [2.75, 3.05) is 6.54 Å². The Morgan fingerprint density at radius 2 is 2.05 bits per heavy atom. The van der Waals surface area contributed by atoms with Gasteiger partial charge in [0.15, 0.2) is 0 Å². The molecule has 2 aliphatic rings. The molecule has 2 amide bonds. The minimum Gasteiger partial charge on any atom is -0.352 e. The number of rotatable bonds is 5. The van der Waals surface area contributed by atoms with E-state index in [9.17, 15) is 9.59 Å². The maximum Gasteiger partial charge on any atom is 0.237 e. The first-order valence-electron chi connectivity index (χ1n) is 7.48. The van der Waals surface area contributed by atoms with Crippen LogP contribution in [0.4, 0.5) is 0 Å². The highest BCUT2D eigenvalue weighted by Gasteiger charge is 2.23. The van der Waals surface area contributed by atoms with Crippen LogP contribution < -0.4 is 16.0 Å². The summed E-state index contributed by atoms with van der Waals surface area (Å²) in [6, 6.07) is 0.341. The fourth-order valence-corrected chi connectivity index (χ4v) is 2.82. The Hall–Kier alpha value is -1.10. The molecule has 1 saturated heterocycles.